The van der Waals surface area contributed by atoms with Gasteiger partial charge in [-0.1, -0.05) is 13.0 Å². The van der Waals surface area contributed by atoms with E-state index in [1.807, 2.05) is 0 Å². The molecule has 0 aromatic heterocycles. The van der Waals surface area contributed by atoms with Crippen LogP contribution < -0.4 is 5.11 Å². The van der Waals surface area contributed by atoms with Crippen molar-refractivity contribution in [3.05, 3.63) is 0 Å². The third-order valence-corrected chi connectivity index (χ3v) is 1.39. The van der Waals surface area contributed by atoms with E-state index < -0.39 is 24.1 Å². The van der Waals surface area contributed by atoms with Crippen molar-refractivity contribution < 1.29 is 35.8 Å². The van der Waals surface area contributed by atoms with Gasteiger partial charge in [0.15, 0.2) is 0 Å². The van der Waals surface area contributed by atoms with Gasteiger partial charge in [0.25, 0.3) is 5.67 Å². The molecule has 0 saturated carbocycles. The van der Waals surface area contributed by atoms with Crippen LogP contribution >= 0.6 is 0 Å². The van der Waals surface area contributed by atoms with Gasteiger partial charge in [-0.2, -0.15) is 26.3 Å². The van der Waals surface area contributed by atoms with Crippen LogP contribution in [0.5, 0.6) is 0 Å². The smallest absolute Gasteiger partial charge is 0.430 e. The summed E-state index contributed by atoms with van der Waals surface area (Å²) < 4.78 is 81.7. The molecule has 80 valence electrons. The summed E-state index contributed by atoms with van der Waals surface area (Å²) in [5.41, 5.74) is -5.68. The van der Waals surface area contributed by atoms with E-state index in [1.165, 1.54) is 0 Å². The molecule has 0 bridgehead atoms. The first kappa shape index (κ1) is 12.5. The lowest BCUT2D eigenvalue weighted by atomic mass is 9.99. The van der Waals surface area contributed by atoms with Crippen LogP contribution in [0.2, 0.25) is 0 Å². The number of rotatable bonds is 1. The van der Waals surface area contributed by atoms with Gasteiger partial charge >= 0.3 is 12.4 Å². The largest absolute Gasteiger partial charge is 0.849 e. The topological polar surface area (TPSA) is 23.1 Å². The molecule has 8 heteroatoms. The second kappa shape index (κ2) is 3.00. The van der Waals surface area contributed by atoms with Crippen LogP contribution in [-0.4, -0.2) is 24.1 Å². The Hall–Kier alpha value is -0.530. The third-order valence-electron chi connectivity index (χ3n) is 1.39. The molecule has 0 aromatic carbocycles. The zero-order valence-corrected chi connectivity index (χ0v) is 6.13. The summed E-state index contributed by atoms with van der Waals surface area (Å²) in [5.74, 6) is 0. The molecule has 0 aliphatic heterocycles. The van der Waals surface area contributed by atoms with Crippen LogP contribution in [0.3, 0.4) is 0 Å². The van der Waals surface area contributed by atoms with Gasteiger partial charge in [-0.15, -0.1) is 0 Å². The molecule has 0 rings (SSSR count). The molecule has 0 aromatic rings. The van der Waals surface area contributed by atoms with E-state index in [2.05, 4.69) is 0 Å². The second-order valence-corrected chi connectivity index (χ2v) is 2.35. The minimum atomic E-state index is -6.24. The summed E-state index contributed by atoms with van der Waals surface area (Å²) in [6, 6.07) is 0. The molecule has 0 radical (unpaired) electrons. The molecule has 0 spiro atoms. The van der Waals surface area contributed by atoms with Gasteiger partial charge < -0.3 is 5.11 Å². The first-order chi connectivity index (χ1) is 5.44. The van der Waals surface area contributed by atoms with Gasteiger partial charge in [-0.3, -0.25) is 0 Å². The molecule has 1 atom stereocenters. The highest BCUT2D eigenvalue weighted by Crippen LogP contribution is 2.47. The Morgan fingerprint density at radius 1 is 0.846 bits per heavy atom. The van der Waals surface area contributed by atoms with Crippen molar-refractivity contribution in [2.45, 2.75) is 31.0 Å². The monoisotopic (exact) mass is 213 g/mol. The zero-order valence-electron chi connectivity index (χ0n) is 6.13. The summed E-state index contributed by atoms with van der Waals surface area (Å²) in [5, 5.41) is 10.0. The average Bonchev–Trinajstić information content (AvgIpc) is 1.80. The average molecular weight is 213 g/mol. The molecule has 0 saturated heterocycles. The van der Waals surface area contributed by atoms with Crippen molar-refractivity contribution in [2.75, 3.05) is 0 Å². The minimum absolute atomic E-state index is 0.0268. The Morgan fingerprint density at radius 3 is 1.08 bits per heavy atom. The van der Waals surface area contributed by atoms with E-state index in [9.17, 15) is 35.8 Å². The quantitative estimate of drug-likeness (QED) is 0.606. The number of hydrogen-bond donors (Lipinski definition) is 0. The fourth-order valence-electron chi connectivity index (χ4n) is 0.622. The maximum Gasteiger partial charge on any atom is 0.430 e. The molecule has 1 nitrogen and oxygen atoms in total. The van der Waals surface area contributed by atoms with Gasteiger partial charge in [0.05, 0.1) is 0 Å². The Morgan fingerprint density at radius 2 is 1.08 bits per heavy atom. The summed E-state index contributed by atoms with van der Waals surface area (Å²) in [7, 11) is 0. The minimum Gasteiger partial charge on any atom is -0.849 e. The Balaban J connectivity index is 5.22. The highest BCUT2D eigenvalue weighted by Gasteiger charge is 2.72. The lowest BCUT2D eigenvalue weighted by molar-refractivity contribution is -0.495. The van der Waals surface area contributed by atoms with Crippen LogP contribution in [0.25, 0.3) is 0 Å². The predicted molar refractivity (Wildman–Crippen MR) is 25.4 cm³/mol. The van der Waals surface area contributed by atoms with Crippen molar-refractivity contribution in [1.82, 2.24) is 0 Å². The van der Waals surface area contributed by atoms with Crippen molar-refractivity contribution in [2.24, 2.45) is 0 Å². The summed E-state index contributed by atoms with van der Waals surface area (Å²) in [4.78, 5) is 0. The highest BCUT2D eigenvalue weighted by atomic mass is 19.4. The molecular weight excluding hydrogens is 209 g/mol. The van der Waals surface area contributed by atoms with Gasteiger partial charge in [0.1, 0.15) is 0 Å². The first-order valence-electron chi connectivity index (χ1n) is 2.92. The van der Waals surface area contributed by atoms with E-state index in [-0.39, 0.29) is 6.92 Å². The molecule has 1 unspecified atom stereocenters. The van der Waals surface area contributed by atoms with Crippen LogP contribution in [-0.2, 0) is 0 Å². The highest BCUT2D eigenvalue weighted by molar-refractivity contribution is 4.97. The lowest BCUT2D eigenvalue weighted by Crippen LogP contribution is -2.63. The molecule has 13 heavy (non-hydrogen) atoms. The third kappa shape index (κ3) is 1.87. The normalized spacial score (nSPS) is 17.3. The summed E-state index contributed by atoms with van der Waals surface area (Å²) in [6.07, 6.45) is -15.9. The van der Waals surface area contributed by atoms with Crippen molar-refractivity contribution in [3.8, 4) is 0 Å². The number of alkyl halides is 7. The van der Waals surface area contributed by atoms with Crippen molar-refractivity contribution in [1.29, 1.82) is 0 Å². The van der Waals surface area contributed by atoms with Crippen molar-refractivity contribution >= 4 is 0 Å². The zero-order chi connectivity index (χ0) is 11.1. The summed E-state index contributed by atoms with van der Waals surface area (Å²) >= 11 is 0. The predicted octanol–water partition coefficient (Wildman–Crippen LogP) is 1.57. The lowest BCUT2D eigenvalue weighted by Gasteiger charge is -2.38. The standard InChI is InChI=1S/C5H4F7O/c1-2(13)3(6,4(7,8)9)5(10,11)12/h2H,1H3/q-1. The molecule has 0 N–H and O–H groups in total. The van der Waals surface area contributed by atoms with Gasteiger partial charge in [0, 0.05) is 0 Å². The molecule has 0 heterocycles. The Bertz CT molecular complexity index is 164. The molecule has 0 aliphatic carbocycles. The van der Waals surface area contributed by atoms with E-state index in [0.29, 0.717) is 0 Å². The van der Waals surface area contributed by atoms with Crippen LogP contribution in [0.4, 0.5) is 30.7 Å². The van der Waals surface area contributed by atoms with Crippen LogP contribution in [0.1, 0.15) is 6.92 Å². The van der Waals surface area contributed by atoms with Crippen LogP contribution in [0, 0.1) is 0 Å². The molecule has 0 fully saturated rings. The van der Waals surface area contributed by atoms with E-state index in [1.54, 1.807) is 0 Å². The van der Waals surface area contributed by atoms with E-state index in [4.69, 9.17) is 0 Å². The molecular formula is C5H4F7O-. The number of hydrogen-bond acceptors (Lipinski definition) is 1. The van der Waals surface area contributed by atoms with Crippen molar-refractivity contribution in [3.63, 3.8) is 0 Å². The SMILES string of the molecule is CC([O-])C(F)(C(F)(F)F)C(F)(F)F. The first-order valence-corrected chi connectivity index (χ1v) is 2.92. The molecule has 0 amide bonds. The van der Waals surface area contributed by atoms with Crippen LogP contribution in [0.15, 0.2) is 0 Å². The second-order valence-electron chi connectivity index (χ2n) is 2.35. The fraction of sp³-hybridized carbons (Fsp3) is 1.00. The number of halogens is 7. The summed E-state index contributed by atoms with van der Waals surface area (Å²) in [6.45, 7) is -0.0268. The molecule has 0 aliphatic rings. The maximum absolute atomic E-state index is 12.4. The van der Waals surface area contributed by atoms with Gasteiger partial charge in [-0.25, -0.2) is 4.39 Å². The van der Waals surface area contributed by atoms with Gasteiger partial charge in [0.2, 0.25) is 0 Å². The van der Waals surface area contributed by atoms with E-state index >= 15 is 0 Å². The Labute approximate surface area is 68.2 Å². The maximum atomic E-state index is 12.4. The van der Waals surface area contributed by atoms with Gasteiger partial charge in [-0.05, 0) is 0 Å². The fourth-order valence-corrected chi connectivity index (χ4v) is 0.622. The Kier molecular flexibility index (Phi) is 2.88. The van der Waals surface area contributed by atoms with E-state index in [0.717, 1.165) is 0 Å².